The highest BCUT2D eigenvalue weighted by atomic mass is 32.2. The second kappa shape index (κ2) is 6.51. The molecular formula is C13H15N3O3S. The third kappa shape index (κ3) is 3.16. The number of carbonyl (C=O) groups excluding carboxylic acids is 3. The highest BCUT2D eigenvalue weighted by Gasteiger charge is 2.39. The predicted octanol–water partition coefficient (Wildman–Crippen LogP) is 0.436. The average molecular weight is 293 g/mol. The lowest BCUT2D eigenvalue weighted by atomic mass is 10.0. The van der Waals surface area contributed by atoms with E-state index in [2.05, 4.69) is 10.3 Å². The van der Waals surface area contributed by atoms with E-state index in [-0.39, 0.29) is 11.0 Å². The van der Waals surface area contributed by atoms with E-state index in [0.29, 0.717) is 24.4 Å². The molecule has 2 rings (SSSR count). The van der Waals surface area contributed by atoms with E-state index in [1.165, 1.54) is 4.90 Å². The van der Waals surface area contributed by atoms with Crippen molar-refractivity contribution >= 4 is 29.2 Å². The van der Waals surface area contributed by atoms with Gasteiger partial charge >= 0.3 is 0 Å². The summed E-state index contributed by atoms with van der Waals surface area (Å²) < 4.78 is 0. The quantitative estimate of drug-likeness (QED) is 0.629. The van der Waals surface area contributed by atoms with Crippen LogP contribution < -0.4 is 5.32 Å². The summed E-state index contributed by atoms with van der Waals surface area (Å²) in [6.07, 6.45) is 2.76. The van der Waals surface area contributed by atoms with Gasteiger partial charge in [0.25, 0.3) is 0 Å². The molecule has 1 N–H and O–H groups in total. The minimum Gasteiger partial charge on any atom is -0.347 e. The van der Waals surface area contributed by atoms with E-state index in [0.717, 1.165) is 11.8 Å². The summed E-state index contributed by atoms with van der Waals surface area (Å²) in [6, 6.07) is 4.31. The van der Waals surface area contributed by atoms with Crippen LogP contribution in [0.1, 0.15) is 13.3 Å². The smallest absolute Gasteiger partial charge is 0.245 e. The van der Waals surface area contributed by atoms with Crippen LogP contribution in [-0.4, -0.2) is 45.9 Å². The van der Waals surface area contributed by atoms with E-state index in [4.69, 9.17) is 0 Å². The van der Waals surface area contributed by atoms with E-state index >= 15 is 0 Å². The molecule has 20 heavy (non-hydrogen) atoms. The van der Waals surface area contributed by atoms with Crippen molar-refractivity contribution in [2.45, 2.75) is 30.5 Å². The Kier molecular flexibility index (Phi) is 4.73. The lowest BCUT2D eigenvalue weighted by Crippen LogP contribution is -2.58. The largest absolute Gasteiger partial charge is 0.347 e. The Labute approximate surface area is 120 Å². The number of likely N-dealkylation sites (tertiary alicyclic amines) is 1. The van der Waals surface area contributed by atoms with Gasteiger partial charge in [-0.15, -0.1) is 0 Å². The second-order valence-electron chi connectivity index (χ2n) is 4.43. The molecule has 7 heteroatoms. The molecule has 1 aliphatic rings. The third-order valence-corrected chi connectivity index (χ3v) is 4.03. The van der Waals surface area contributed by atoms with Crippen molar-refractivity contribution in [2.24, 2.45) is 0 Å². The van der Waals surface area contributed by atoms with Crippen LogP contribution in [0.3, 0.4) is 0 Å². The lowest BCUT2D eigenvalue weighted by molar-refractivity contribution is -0.145. The molecule has 0 spiro atoms. The van der Waals surface area contributed by atoms with Gasteiger partial charge in [-0.1, -0.05) is 6.07 Å². The number of hydrogen-bond acceptors (Lipinski definition) is 5. The van der Waals surface area contributed by atoms with Crippen LogP contribution in [0.4, 0.5) is 0 Å². The first kappa shape index (κ1) is 14.5. The first-order valence-electron chi connectivity index (χ1n) is 6.26. The molecule has 1 fully saturated rings. The van der Waals surface area contributed by atoms with Gasteiger partial charge in [-0.2, -0.15) is 0 Å². The molecule has 0 aromatic carbocycles. The fraction of sp³-hybridized carbons (Fsp3) is 0.385. The summed E-state index contributed by atoms with van der Waals surface area (Å²) in [5, 5.41) is 2.93. The normalized spacial score (nSPS) is 18.9. The van der Waals surface area contributed by atoms with Crippen molar-refractivity contribution in [3.63, 3.8) is 0 Å². The Morgan fingerprint density at radius 2 is 2.35 bits per heavy atom. The molecule has 0 bridgehead atoms. The maximum atomic E-state index is 12.1. The summed E-state index contributed by atoms with van der Waals surface area (Å²) in [4.78, 5) is 40.1. The molecule has 0 radical (unpaired) electrons. The van der Waals surface area contributed by atoms with Crippen LogP contribution in [-0.2, 0) is 14.4 Å². The number of aromatic nitrogens is 1. The summed E-state index contributed by atoms with van der Waals surface area (Å²) in [5.74, 6) is -0.233. The molecule has 2 amide bonds. The Balaban J connectivity index is 1.94. The average Bonchev–Trinajstić information content (AvgIpc) is 2.38. The molecule has 1 aromatic heterocycles. The highest BCUT2D eigenvalue weighted by molar-refractivity contribution is 8.13. The van der Waals surface area contributed by atoms with Gasteiger partial charge in [-0.25, -0.2) is 4.98 Å². The zero-order valence-corrected chi connectivity index (χ0v) is 11.8. The van der Waals surface area contributed by atoms with Crippen LogP contribution >= 0.6 is 11.8 Å². The molecule has 106 valence electrons. The van der Waals surface area contributed by atoms with Crippen molar-refractivity contribution in [1.29, 1.82) is 0 Å². The Hall–Kier alpha value is -1.89. The SMILES string of the molecule is CC(NC=O)C(=O)N1CCC1C(=O)Sc1ccccn1. The van der Waals surface area contributed by atoms with Gasteiger partial charge < -0.3 is 10.2 Å². The molecule has 0 aliphatic carbocycles. The van der Waals surface area contributed by atoms with Crippen LogP contribution in [0, 0.1) is 0 Å². The first-order valence-corrected chi connectivity index (χ1v) is 7.08. The molecule has 1 aliphatic heterocycles. The van der Waals surface area contributed by atoms with Gasteiger partial charge in [-0.3, -0.25) is 14.4 Å². The fourth-order valence-corrected chi connectivity index (χ4v) is 2.74. The maximum Gasteiger partial charge on any atom is 0.245 e. The standard InChI is InChI=1S/C13H15N3O3S/c1-9(15-8-17)12(18)16-7-5-10(16)13(19)20-11-4-2-3-6-14-11/h2-4,6,8-10H,5,7H2,1H3,(H,15,17). The summed E-state index contributed by atoms with van der Waals surface area (Å²) >= 11 is 1.04. The molecule has 6 nitrogen and oxygen atoms in total. The topological polar surface area (TPSA) is 79.4 Å². The van der Waals surface area contributed by atoms with Crippen LogP contribution in [0.15, 0.2) is 29.4 Å². The zero-order valence-electron chi connectivity index (χ0n) is 11.0. The van der Waals surface area contributed by atoms with Crippen molar-refractivity contribution < 1.29 is 14.4 Å². The molecular weight excluding hydrogens is 278 g/mol. The predicted molar refractivity (Wildman–Crippen MR) is 73.9 cm³/mol. The number of carbonyl (C=O) groups is 3. The summed E-state index contributed by atoms with van der Waals surface area (Å²) in [5.41, 5.74) is 0. The van der Waals surface area contributed by atoms with Crippen molar-refractivity contribution in [3.8, 4) is 0 Å². The van der Waals surface area contributed by atoms with Gasteiger partial charge in [0, 0.05) is 12.7 Å². The first-order chi connectivity index (χ1) is 9.63. The van der Waals surface area contributed by atoms with E-state index in [1.54, 1.807) is 25.3 Å². The number of nitrogens with one attached hydrogen (secondary N) is 1. The van der Waals surface area contributed by atoms with Crippen molar-refractivity contribution in [3.05, 3.63) is 24.4 Å². The number of thioether (sulfide) groups is 1. The van der Waals surface area contributed by atoms with Gasteiger partial charge in [-0.05, 0) is 37.2 Å². The molecule has 2 heterocycles. The molecule has 1 saturated heterocycles. The molecule has 0 saturated carbocycles. The van der Waals surface area contributed by atoms with Crippen LogP contribution in [0.5, 0.6) is 0 Å². The number of hydrogen-bond donors (Lipinski definition) is 1. The van der Waals surface area contributed by atoms with E-state index in [9.17, 15) is 14.4 Å². The fourth-order valence-electron chi connectivity index (χ4n) is 1.90. The Bertz CT molecular complexity index is 509. The van der Waals surface area contributed by atoms with Crippen LogP contribution in [0.25, 0.3) is 0 Å². The number of amides is 2. The van der Waals surface area contributed by atoms with Gasteiger partial charge in [0.2, 0.25) is 17.4 Å². The van der Waals surface area contributed by atoms with Gasteiger partial charge in [0.15, 0.2) is 0 Å². The van der Waals surface area contributed by atoms with Crippen molar-refractivity contribution in [1.82, 2.24) is 15.2 Å². The summed E-state index contributed by atoms with van der Waals surface area (Å²) in [6.45, 7) is 2.14. The number of pyridine rings is 1. The molecule has 2 unspecified atom stereocenters. The minimum absolute atomic E-state index is 0.0957. The van der Waals surface area contributed by atoms with Gasteiger partial charge in [0.05, 0.1) is 0 Å². The monoisotopic (exact) mass is 293 g/mol. The lowest BCUT2D eigenvalue weighted by Gasteiger charge is -2.40. The number of nitrogens with zero attached hydrogens (tertiary/aromatic N) is 2. The van der Waals surface area contributed by atoms with E-state index < -0.39 is 12.1 Å². The second-order valence-corrected chi connectivity index (χ2v) is 5.46. The summed E-state index contributed by atoms with van der Waals surface area (Å²) in [7, 11) is 0. The van der Waals surface area contributed by atoms with Crippen molar-refractivity contribution in [2.75, 3.05) is 6.54 Å². The zero-order chi connectivity index (χ0) is 14.5. The Morgan fingerprint density at radius 1 is 1.55 bits per heavy atom. The van der Waals surface area contributed by atoms with Crippen LogP contribution in [0.2, 0.25) is 0 Å². The minimum atomic E-state index is -0.608. The third-order valence-electron chi connectivity index (χ3n) is 3.11. The maximum absolute atomic E-state index is 12.1. The van der Waals surface area contributed by atoms with Gasteiger partial charge in [0.1, 0.15) is 17.1 Å². The Morgan fingerprint density at radius 3 is 2.90 bits per heavy atom. The molecule has 1 aromatic rings. The van der Waals surface area contributed by atoms with E-state index in [1.807, 2.05) is 6.07 Å². The highest BCUT2D eigenvalue weighted by Crippen LogP contribution is 2.27. The molecule has 2 atom stereocenters. The number of rotatable bonds is 5.